The topological polar surface area (TPSA) is 122 Å². The van der Waals surface area contributed by atoms with Crippen LogP contribution < -0.4 is 14.2 Å². The molecule has 2 heterocycles. The number of likely N-dealkylation sites (tertiary alicyclic amines) is 1. The van der Waals surface area contributed by atoms with E-state index in [0.717, 1.165) is 57.0 Å². The summed E-state index contributed by atoms with van der Waals surface area (Å²) in [6.45, 7) is 2.48. The van der Waals surface area contributed by atoms with Gasteiger partial charge in [0.2, 0.25) is 20.0 Å². The van der Waals surface area contributed by atoms with Crippen molar-refractivity contribution in [3.63, 3.8) is 0 Å². The van der Waals surface area contributed by atoms with Crippen molar-refractivity contribution < 1.29 is 26.4 Å². The number of rotatable bonds is 7. The molecule has 0 aliphatic carbocycles. The molecule has 0 saturated carbocycles. The average molecular weight is 508 g/mol. The van der Waals surface area contributed by atoms with Crippen LogP contribution in [0.1, 0.15) is 35.2 Å². The second kappa shape index (κ2) is 9.20. The van der Waals surface area contributed by atoms with Gasteiger partial charge < -0.3 is 9.64 Å². The summed E-state index contributed by atoms with van der Waals surface area (Å²) < 4.78 is 56.8. The number of piperidine rings is 1. The van der Waals surface area contributed by atoms with E-state index in [-0.39, 0.29) is 12.2 Å². The van der Waals surface area contributed by atoms with Gasteiger partial charge in [-0.15, -0.1) is 0 Å². The summed E-state index contributed by atoms with van der Waals surface area (Å²) in [6.07, 6.45) is 4.78. The van der Waals surface area contributed by atoms with E-state index in [1.165, 1.54) is 6.07 Å². The van der Waals surface area contributed by atoms with Crippen molar-refractivity contribution in [1.82, 2.24) is 4.90 Å². The van der Waals surface area contributed by atoms with E-state index >= 15 is 0 Å². The second-order valence-corrected chi connectivity index (χ2v) is 12.6. The minimum Gasteiger partial charge on any atom is -0.486 e. The standard InChI is InChI=1S/C23H29N3O6S2/c1-33(28,29)24-18-5-3-17(4-6-18)9-12-26-13-10-23(11-14-26)16-21(27)20-15-19(25-34(2,30)31)7-8-22(20)32-23/h3-8,15,24-25H,9-14,16H2,1-2H3. The van der Waals surface area contributed by atoms with Crippen LogP contribution in [0.5, 0.6) is 5.75 Å². The molecule has 34 heavy (non-hydrogen) atoms. The zero-order valence-corrected chi connectivity index (χ0v) is 20.8. The van der Waals surface area contributed by atoms with Crippen LogP contribution in [0.4, 0.5) is 11.4 Å². The molecule has 2 aliphatic rings. The Balaban J connectivity index is 1.32. The van der Waals surface area contributed by atoms with Crippen molar-refractivity contribution in [1.29, 1.82) is 0 Å². The van der Waals surface area contributed by atoms with E-state index in [4.69, 9.17) is 4.74 Å². The summed E-state index contributed by atoms with van der Waals surface area (Å²) in [5, 5.41) is 0. The van der Waals surface area contributed by atoms with Crippen molar-refractivity contribution in [3.05, 3.63) is 53.6 Å². The second-order valence-electron chi connectivity index (χ2n) is 9.13. The number of hydrogen-bond donors (Lipinski definition) is 2. The molecule has 4 rings (SSSR count). The maximum Gasteiger partial charge on any atom is 0.229 e. The normalized spacial score (nSPS) is 18.2. The summed E-state index contributed by atoms with van der Waals surface area (Å²) in [7, 11) is -6.71. The van der Waals surface area contributed by atoms with Crippen molar-refractivity contribution in [2.24, 2.45) is 0 Å². The smallest absolute Gasteiger partial charge is 0.229 e. The summed E-state index contributed by atoms with van der Waals surface area (Å²) >= 11 is 0. The summed E-state index contributed by atoms with van der Waals surface area (Å²) in [5.41, 5.74) is 1.91. The van der Waals surface area contributed by atoms with E-state index in [1.54, 1.807) is 24.3 Å². The molecule has 0 aromatic heterocycles. The van der Waals surface area contributed by atoms with Gasteiger partial charge in [0.25, 0.3) is 0 Å². The van der Waals surface area contributed by atoms with Crippen LogP contribution in [0.15, 0.2) is 42.5 Å². The molecular formula is C23H29N3O6S2. The number of sulfonamides is 2. The van der Waals surface area contributed by atoms with Gasteiger partial charge in [-0.25, -0.2) is 16.8 Å². The molecule has 0 radical (unpaired) electrons. The van der Waals surface area contributed by atoms with Gasteiger partial charge in [-0.3, -0.25) is 14.2 Å². The molecule has 2 aromatic carbocycles. The van der Waals surface area contributed by atoms with Gasteiger partial charge in [-0.05, 0) is 42.3 Å². The van der Waals surface area contributed by atoms with E-state index < -0.39 is 25.6 Å². The third kappa shape index (κ3) is 6.28. The Morgan fingerprint density at radius 1 is 0.912 bits per heavy atom. The number of ether oxygens (including phenoxy) is 1. The van der Waals surface area contributed by atoms with Gasteiger partial charge in [-0.2, -0.15) is 0 Å². The highest BCUT2D eigenvalue weighted by molar-refractivity contribution is 7.92. The molecule has 2 aromatic rings. The number of anilines is 2. The Morgan fingerprint density at radius 3 is 2.12 bits per heavy atom. The lowest BCUT2D eigenvalue weighted by Crippen LogP contribution is -2.51. The molecule has 0 amide bonds. The first-order chi connectivity index (χ1) is 15.9. The summed E-state index contributed by atoms with van der Waals surface area (Å²) in [6, 6.07) is 12.2. The molecule has 0 bridgehead atoms. The predicted octanol–water partition coefficient (Wildman–Crippen LogP) is 2.47. The van der Waals surface area contributed by atoms with Gasteiger partial charge in [-0.1, -0.05) is 12.1 Å². The fourth-order valence-electron chi connectivity index (χ4n) is 4.48. The number of carbonyl (C=O) groups excluding carboxylic acids is 1. The molecule has 1 fully saturated rings. The monoisotopic (exact) mass is 507 g/mol. The lowest BCUT2D eigenvalue weighted by atomic mass is 9.82. The molecule has 0 atom stereocenters. The Labute approximate surface area is 200 Å². The number of nitrogens with one attached hydrogen (secondary N) is 2. The van der Waals surface area contributed by atoms with Gasteiger partial charge in [0, 0.05) is 43.9 Å². The minimum atomic E-state index is -3.42. The number of Topliss-reactive ketones (excluding diaryl/α,β-unsaturated/α-hetero) is 1. The molecule has 1 spiro atoms. The van der Waals surface area contributed by atoms with Crippen LogP contribution in [-0.4, -0.2) is 65.3 Å². The van der Waals surface area contributed by atoms with Crippen LogP contribution in [0.3, 0.4) is 0 Å². The highest BCUT2D eigenvalue weighted by atomic mass is 32.2. The molecule has 0 unspecified atom stereocenters. The number of fused-ring (bicyclic) bond motifs is 1. The fourth-order valence-corrected chi connectivity index (χ4v) is 5.59. The van der Waals surface area contributed by atoms with Gasteiger partial charge >= 0.3 is 0 Å². The van der Waals surface area contributed by atoms with E-state index in [1.807, 2.05) is 12.1 Å². The lowest BCUT2D eigenvalue weighted by Gasteiger charge is -2.44. The van der Waals surface area contributed by atoms with E-state index in [2.05, 4.69) is 14.3 Å². The average Bonchev–Trinajstić information content (AvgIpc) is 2.73. The van der Waals surface area contributed by atoms with E-state index in [9.17, 15) is 21.6 Å². The van der Waals surface area contributed by atoms with Crippen molar-refractivity contribution >= 4 is 37.2 Å². The van der Waals surface area contributed by atoms with Gasteiger partial charge in [0.1, 0.15) is 11.4 Å². The molecule has 9 nitrogen and oxygen atoms in total. The molecular weight excluding hydrogens is 478 g/mol. The van der Waals surface area contributed by atoms with Gasteiger partial charge in [0.05, 0.1) is 24.5 Å². The molecule has 184 valence electrons. The van der Waals surface area contributed by atoms with Crippen LogP contribution in [-0.2, 0) is 26.5 Å². The van der Waals surface area contributed by atoms with Gasteiger partial charge in [0.15, 0.2) is 5.78 Å². The third-order valence-electron chi connectivity index (χ3n) is 6.13. The van der Waals surface area contributed by atoms with E-state index in [0.29, 0.717) is 22.7 Å². The number of benzene rings is 2. The minimum absolute atomic E-state index is 0.0327. The van der Waals surface area contributed by atoms with Crippen molar-refractivity contribution in [2.45, 2.75) is 31.3 Å². The molecule has 2 aliphatic heterocycles. The predicted molar refractivity (Wildman–Crippen MR) is 132 cm³/mol. The Kier molecular flexibility index (Phi) is 6.63. The third-order valence-corrected chi connectivity index (χ3v) is 7.35. The Bertz CT molecular complexity index is 1280. The quantitative estimate of drug-likeness (QED) is 0.590. The Morgan fingerprint density at radius 2 is 1.50 bits per heavy atom. The Hall–Kier alpha value is -2.63. The summed E-state index contributed by atoms with van der Waals surface area (Å²) in [4.78, 5) is 15.2. The van der Waals surface area contributed by atoms with Crippen LogP contribution in [0.25, 0.3) is 0 Å². The summed E-state index contributed by atoms with van der Waals surface area (Å²) in [5.74, 6) is 0.473. The number of carbonyl (C=O) groups is 1. The highest BCUT2D eigenvalue weighted by Crippen LogP contribution is 2.40. The van der Waals surface area contributed by atoms with Crippen LogP contribution in [0.2, 0.25) is 0 Å². The maximum atomic E-state index is 12.9. The maximum absolute atomic E-state index is 12.9. The number of ketones is 1. The van der Waals surface area contributed by atoms with Crippen LogP contribution >= 0.6 is 0 Å². The first-order valence-corrected chi connectivity index (χ1v) is 14.8. The zero-order valence-electron chi connectivity index (χ0n) is 19.2. The number of nitrogens with zero attached hydrogens (tertiary/aromatic N) is 1. The fraction of sp³-hybridized carbons (Fsp3) is 0.435. The van der Waals surface area contributed by atoms with Crippen LogP contribution in [0, 0.1) is 0 Å². The zero-order chi connectivity index (χ0) is 24.6. The number of hydrogen-bond acceptors (Lipinski definition) is 7. The van der Waals surface area contributed by atoms with Crippen molar-refractivity contribution in [3.8, 4) is 5.75 Å². The molecule has 1 saturated heterocycles. The largest absolute Gasteiger partial charge is 0.486 e. The first-order valence-electron chi connectivity index (χ1n) is 11.0. The highest BCUT2D eigenvalue weighted by Gasteiger charge is 2.42. The SMILES string of the molecule is CS(=O)(=O)Nc1ccc(CCN2CCC3(CC2)CC(=O)c2cc(NS(C)(=O)=O)ccc2O3)cc1. The first kappa shape index (κ1) is 24.5. The molecule has 2 N–H and O–H groups in total. The molecule has 11 heteroatoms. The van der Waals surface area contributed by atoms with Crippen molar-refractivity contribution in [2.75, 3.05) is 41.6 Å². The lowest BCUT2D eigenvalue weighted by molar-refractivity contribution is -0.00865.